The Bertz CT molecular complexity index is 1240. The molecule has 0 radical (unpaired) electrons. The van der Waals surface area contributed by atoms with E-state index in [1.165, 1.54) is 30.3 Å². The molecular formula is C23H23BrN4O. The van der Waals surface area contributed by atoms with Crippen LogP contribution < -0.4 is 10.9 Å². The Morgan fingerprint density at radius 1 is 1.17 bits per heavy atom. The van der Waals surface area contributed by atoms with Gasteiger partial charge in [0.2, 0.25) is 0 Å². The third-order valence-electron chi connectivity index (χ3n) is 5.92. The molecular weight excluding hydrogens is 428 g/mol. The Morgan fingerprint density at radius 2 is 2.07 bits per heavy atom. The normalized spacial score (nSPS) is 14.5. The summed E-state index contributed by atoms with van der Waals surface area (Å²) in [6.07, 6.45) is 9.31. The second-order valence-corrected chi connectivity index (χ2v) is 8.83. The van der Waals surface area contributed by atoms with Gasteiger partial charge >= 0.3 is 0 Å². The molecule has 0 amide bonds. The van der Waals surface area contributed by atoms with Crippen LogP contribution in [0, 0.1) is 5.92 Å². The Balaban J connectivity index is 1.36. The van der Waals surface area contributed by atoms with Gasteiger partial charge in [-0.2, -0.15) is 0 Å². The highest BCUT2D eigenvalue weighted by molar-refractivity contribution is 9.10. The number of aromatic nitrogens is 3. The number of hydrogen-bond donors (Lipinski definition) is 2. The van der Waals surface area contributed by atoms with E-state index in [2.05, 4.69) is 55.5 Å². The zero-order valence-corrected chi connectivity index (χ0v) is 17.7. The molecule has 1 aliphatic rings. The standard InChI is InChI=1S/C23H23BrN4O/c24-21-13-26-12-20-19(21)6-7-28(23(20)29)14-16-4-5-17-9-18(27-22(17)8-16)11-25-10-15-2-1-3-15/h4-9,12-13,15,25,27H,1-3,10-11,14H2. The highest BCUT2D eigenvalue weighted by atomic mass is 79.9. The van der Waals surface area contributed by atoms with E-state index in [-0.39, 0.29) is 5.56 Å². The van der Waals surface area contributed by atoms with E-state index in [1.807, 2.05) is 12.3 Å². The second kappa shape index (κ2) is 7.76. The Morgan fingerprint density at radius 3 is 2.90 bits per heavy atom. The van der Waals surface area contributed by atoms with Gasteiger partial charge in [-0.1, -0.05) is 18.6 Å². The van der Waals surface area contributed by atoms with Crippen molar-refractivity contribution in [3.05, 3.63) is 75.0 Å². The first kappa shape index (κ1) is 18.6. The highest BCUT2D eigenvalue weighted by Crippen LogP contribution is 2.25. The molecule has 1 saturated carbocycles. The molecule has 1 aliphatic carbocycles. The first-order chi connectivity index (χ1) is 14.2. The Labute approximate surface area is 177 Å². The quantitative estimate of drug-likeness (QED) is 0.451. The number of aromatic amines is 1. The minimum absolute atomic E-state index is 0.0243. The van der Waals surface area contributed by atoms with Gasteiger partial charge < -0.3 is 14.9 Å². The zero-order valence-electron chi connectivity index (χ0n) is 16.1. The first-order valence-electron chi connectivity index (χ1n) is 10.1. The maximum atomic E-state index is 12.8. The topological polar surface area (TPSA) is 62.7 Å². The van der Waals surface area contributed by atoms with Crippen molar-refractivity contribution >= 4 is 37.6 Å². The molecule has 0 bridgehead atoms. The number of hydrogen-bond acceptors (Lipinski definition) is 3. The lowest BCUT2D eigenvalue weighted by Gasteiger charge is -2.25. The molecule has 148 valence electrons. The summed E-state index contributed by atoms with van der Waals surface area (Å²) in [5.41, 5.74) is 3.39. The molecule has 5 nitrogen and oxygen atoms in total. The third-order valence-corrected chi connectivity index (χ3v) is 6.55. The minimum Gasteiger partial charge on any atom is -0.357 e. The molecule has 29 heavy (non-hydrogen) atoms. The van der Waals surface area contributed by atoms with Crippen LogP contribution in [0.1, 0.15) is 30.5 Å². The van der Waals surface area contributed by atoms with Gasteiger partial charge in [-0.3, -0.25) is 9.78 Å². The number of nitrogens with zero attached hydrogens (tertiary/aromatic N) is 2. The van der Waals surface area contributed by atoms with E-state index in [1.54, 1.807) is 17.0 Å². The number of halogens is 1. The maximum absolute atomic E-state index is 12.8. The Hall–Kier alpha value is -2.44. The molecule has 5 rings (SSSR count). The molecule has 0 spiro atoms. The molecule has 2 N–H and O–H groups in total. The molecule has 4 aromatic rings. The summed E-state index contributed by atoms with van der Waals surface area (Å²) in [6, 6.07) is 10.5. The predicted octanol–water partition coefficient (Wildman–Crippen LogP) is 4.58. The number of fused-ring (bicyclic) bond motifs is 2. The molecule has 6 heteroatoms. The van der Waals surface area contributed by atoms with Gasteiger partial charge in [0.15, 0.2) is 0 Å². The molecule has 0 atom stereocenters. The fourth-order valence-electron chi connectivity index (χ4n) is 4.03. The van der Waals surface area contributed by atoms with Gasteiger partial charge in [0.05, 0.1) is 11.9 Å². The van der Waals surface area contributed by atoms with E-state index in [0.29, 0.717) is 11.9 Å². The van der Waals surface area contributed by atoms with Gasteiger partial charge in [-0.15, -0.1) is 0 Å². The van der Waals surface area contributed by atoms with Crippen LogP contribution in [0.2, 0.25) is 0 Å². The van der Waals surface area contributed by atoms with E-state index >= 15 is 0 Å². The molecule has 1 fully saturated rings. The number of H-pyrrole nitrogens is 1. The summed E-state index contributed by atoms with van der Waals surface area (Å²) >= 11 is 3.46. The first-order valence-corrected chi connectivity index (χ1v) is 10.9. The van der Waals surface area contributed by atoms with Gasteiger partial charge in [0.1, 0.15) is 0 Å². The van der Waals surface area contributed by atoms with Crippen molar-refractivity contribution in [1.29, 1.82) is 0 Å². The highest BCUT2D eigenvalue weighted by Gasteiger charge is 2.16. The van der Waals surface area contributed by atoms with Crippen molar-refractivity contribution in [2.45, 2.75) is 32.4 Å². The van der Waals surface area contributed by atoms with Crippen LogP contribution in [0.4, 0.5) is 0 Å². The summed E-state index contributed by atoms with van der Waals surface area (Å²) in [7, 11) is 0. The van der Waals surface area contributed by atoms with Crippen LogP contribution in [-0.2, 0) is 13.1 Å². The summed E-state index contributed by atoms with van der Waals surface area (Å²) < 4.78 is 2.58. The van der Waals surface area contributed by atoms with E-state index in [9.17, 15) is 4.79 Å². The number of nitrogens with one attached hydrogen (secondary N) is 2. The van der Waals surface area contributed by atoms with Crippen LogP contribution in [0.25, 0.3) is 21.7 Å². The van der Waals surface area contributed by atoms with Crippen LogP contribution in [-0.4, -0.2) is 21.1 Å². The van der Waals surface area contributed by atoms with Crippen LogP contribution >= 0.6 is 15.9 Å². The average Bonchev–Trinajstić information content (AvgIpc) is 3.08. The minimum atomic E-state index is -0.0243. The fraction of sp³-hybridized carbons (Fsp3) is 0.304. The van der Waals surface area contributed by atoms with Crippen molar-refractivity contribution in [3.8, 4) is 0 Å². The van der Waals surface area contributed by atoms with Crippen LogP contribution in [0.3, 0.4) is 0 Å². The number of benzene rings is 1. The second-order valence-electron chi connectivity index (χ2n) is 7.98. The summed E-state index contributed by atoms with van der Waals surface area (Å²) in [5, 5.41) is 6.28. The van der Waals surface area contributed by atoms with E-state index in [4.69, 9.17) is 0 Å². The smallest absolute Gasteiger partial charge is 0.260 e. The summed E-state index contributed by atoms with van der Waals surface area (Å²) in [4.78, 5) is 20.5. The third kappa shape index (κ3) is 3.74. The molecule has 3 aromatic heterocycles. The summed E-state index contributed by atoms with van der Waals surface area (Å²) in [6.45, 7) is 2.51. The fourth-order valence-corrected chi connectivity index (χ4v) is 4.49. The molecule has 0 unspecified atom stereocenters. The zero-order chi connectivity index (χ0) is 19.8. The largest absolute Gasteiger partial charge is 0.357 e. The van der Waals surface area contributed by atoms with Gasteiger partial charge in [-0.25, -0.2) is 0 Å². The van der Waals surface area contributed by atoms with Crippen LogP contribution in [0.15, 0.2) is 58.2 Å². The lowest BCUT2D eigenvalue weighted by atomic mass is 9.85. The molecule has 0 aliphatic heterocycles. The Kier molecular flexibility index (Phi) is 4.97. The van der Waals surface area contributed by atoms with Crippen molar-refractivity contribution in [2.24, 2.45) is 5.92 Å². The van der Waals surface area contributed by atoms with Crippen LogP contribution in [0.5, 0.6) is 0 Å². The number of pyridine rings is 2. The van der Waals surface area contributed by atoms with Crippen molar-refractivity contribution in [3.63, 3.8) is 0 Å². The SMILES string of the molecule is O=c1c2cncc(Br)c2ccn1Cc1ccc2cc(CNCC3CCC3)[nH]c2c1. The van der Waals surface area contributed by atoms with Gasteiger partial charge in [-0.05, 0) is 70.4 Å². The van der Waals surface area contributed by atoms with Crippen molar-refractivity contribution in [2.75, 3.05) is 6.54 Å². The van der Waals surface area contributed by atoms with E-state index < -0.39 is 0 Å². The summed E-state index contributed by atoms with van der Waals surface area (Å²) in [5.74, 6) is 0.863. The van der Waals surface area contributed by atoms with Crippen molar-refractivity contribution < 1.29 is 0 Å². The van der Waals surface area contributed by atoms with Gasteiger partial charge in [0.25, 0.3) is 5.56 Å². The lowest BCUT2D eigenvalue weighted by Crippen LogP contribution is -2.26. The molecule has 0 saturated heterocycles. The molecule has 1 aromatic carbocycles. The average molecular weight is 451 g/mol. The predicted molar refractivity (Wildman–Crippen MR) is 120 cm³/mol. The monoisotopic (exact) mass is 450 g/mol. The molecule has 3 heterocycles. The number of rotatable bonds is 6. The maximum Gasteiger partial charge on any atom is 0.260 e. The lowest BCUT2D eigenvalue weighted by molar-refractivity contribution is 0.301. The van der Waals surface area contributed by atoms with Gasteiger partial charge in [0, 0.05) is 46.2 Å². The van der Waals surface area contributed by atoms with E-state index in [0.717, 1.165) is 39.9 Å². The van der Waals surface area contributed by atoms with Crippen molar-refractivity contribution in [1.82, 2.24) is 19.9 Å².